The number of benzene rings is 1. The molecule has 146 valence electrons. The molecule has 1 aromatic carbocycles. The standard InChI is InChI=1S/C21H28N7/c1-21(2)15-23-18-13-16(7-8-17(18)21)24-20-25-19-14-22-9-12-28(19,26-20)27-10-5-3-4-6-11-27/h7-9,12-14,23H,3-6,10-11,15H2,1-2H3,(H,24,26)/q+1. The molecule has 4 aliphatic rings. The van der Waals surface area contributed by atoms with E-state index in [1.165, 1.54) is 36.9 Å². The summed E-state index contributed by atoms with van der Waals surface area (Å²) in [6.07, 6.45) is 10.7. The van der Waals surface area contributed by atoms with Gasteiger partial charge in [0, 0.05) is 23.3 Å². The summed E-state index contributed by atoms with van der Waals surface area (Å²) in [4.78, 5) is 9.07. The van der Waals surface area contributed by atoms with Gasteiger partial charge in [-0.3, -0.25) is 4.99 Å². The van der Waals surface area contributed by atoms with Crippen LogP contribution in [0.25, 0.3) is 0 Å². The Labute approximate surface area is 166 Å². The third kappa shape index (κ3) is 2.86. The molecule has 7 heteroatoms. The summed E-state index contributed by atoms with van der Waals surface area (Å²) >= 11 is 0. The molecule has 0 bridgehead atoms. The van der Waals surface area contributed by atoms with Crippen molar-refractivity contribution in [3.8, 4) is 0 Å². The SMILES string of the molecule is CC1(C)CNc2cc(NC3=N[N+]4(N5CCCCCC5)C=CN=CC4=N3)ccc21. The van der Waals surface area contributed by atoms with Crippen LogP contribution in [0.15, 0.2) is 45.7 Å². The highest BCUT2D eigenvalue weighted by atomic mass is 15.9. The Kier molecular flexibility index (Phi) is 4.10. The van der Waals surface area contributed by atoms with Crippen molar-refractivity contribution in [2.24, 2.45) is 15.1 Å². The largest absolute Gasteiger partial charge is 0.384 e. The minimum Gasteiger partial charge on any atom is -0.384 e. The fraction of sp³-hybridized carbons (Fsp3) is 0.476. The molecule has 0 radical (unpaired) electrons. The molecule has 1 unspecified atom stereocenters. The van der Waals surface area contributed by atoms with Crippen molar-refractivity contribution in [3.05, 3.63) is 36.2 Å². The van der Waals surface area contributed by atoms with Crippen molar-refractivity contribution in [2.45, 2.75) is 44.9 Å². The van der Waals surface area contributed by atoms with E-state index in [0.29, 0.717) is 10.7 Å². The lowest BCUT2D eigenvalue weighted by atomic mass is 9.87. The maximum Gasteiger partial charge on any atom is 0.301 e. The zero-order valence-electron chi connectivity index (χ0n) is 16.6. The Morgan fingerprint density at radius 3 is 2.79 bits per heavy atom. The van der Waals surface area contributed by atoms with Crippen molar-refractivity contribution >= 4 is 29.4 Å². The van der Waals surface area contributed by atoms with Crippen LogP contribution in [0.2, 0.25) is 0 Å². The first-order chi connectivity index (χ1) is 13.6. The van der Waals surface area contributed by atoms with Gasteiger partial charge in [-0.15, -0.1) is 10.0 Å². The van der Waals surface area contributed by atoms with Crippen molar-refractivity contribution in [1.82, 2.24) is 5.01 Å². The molecule has 0 aromatic heterocycles. The molecule has 1 fully saturated rings. The molecule has 28 heavy (non-hydrogen) atoms. The van der Waals surface area contributed by atoms with Gasteiger partial charge in [-0.25, -0.2) is 0 Å². The molecule has 0 amide bonds. The Balaban J connectivity index is 1.43. The van der Waals surface area contributed by atoms with E-state index in [-0.39, 0.29) is 5.41 Å². The molecule has 1 aromatic rings. The summed E-state index contributed by atoms with van der Waals surface area (Å²) < 4.78 is 0.308. The number of hydrogen-bond acceptors (Lipinski definition) is 6. The molecule has 2 N–H and O–H groups in total. The van der Waals surface area contributed by atoms with Gasteiger partial charge in [0.1, 0.15) is 6.21 Å². The first-order valence-electron chi connectivity index (χ1n) is 10.3. The molecular formula is C21H28N7+. The summed E-state index contributed by atoms with van der Waals surface area (Å²) in [7, 11) is 0. The zero-order valence-corrected chi connectivity index (χ0v) is 16.6. The summed E-state index contributed by atoms with van der Waals surface area (Å²) in [6.45, 7) is 7.54. The summed E-state index contributed by atoms with van der Waals surface area (Å²) in [5.41, 5.74) is 3.72. The number of rotatable bonds is 2. The highest BCUT2D eigenvalue weighted by Gasteiger charge is 2.46. The number of nitrogens with one attached hydrogen (secondary N) is 2. The predicted molar refractivity (Wildman–Crippen MR) is 114 cm³/mol. The first kappa shape index (κ1) is 17.6. The number of fused-ring (bicyclic) bond motifs is 2. The molecule has 0 saturated carbocycles. The minimum absolute atomic E-state index is 0.170. The summed E-state index contributed by atoms with van der Waals surface area (Å²) in [5, 5.41) is 14.3. The Bertz CT molecular complexity index is 903. The van der Waals surface area contributed by atoms with E-state index >= 15 is 0 Å². The van der Waals surface area contributed by atoms with Crippen molar-refractivity contribution < 1.29 is 4.70 Å². The molecule has 0 aliphatic carbocycles. The lowest BCUT2D eigenvalue weighted by Crippen LogP contribution is -2.56. The molecule has 4 heterocycles. The molecule has 1 atom stereocenters. The normalized spacial score (nSPS) is 28.1. The average Bonchev–Trinajstić information content (AvgIpc) is 3.04. The number of hydrogen-bond donors (Lipinski definition) is 2. The molecule has 7 nitrogen and oxygen atoms in total. The highest BCUT2D eigenvalue weighted by Crippen LogP contribution is 2.38. The summed E-state index contributed by atoms with van der Waals surface area (Å²) in [5.74, 6) is 1.49. The maximum absolute atomic E-state index is 4.99. The molecule has 5 rings (SSSR count). The summed E-state index contributed by atoms with van der Waals surface area (Å²) in [6, 6.07) is 6.48. The van der Waals surface area contributed by atoms with Gasteiger partial charge in [0.05, 0.1) is 19.3 Å². The van der Waals surface area contributed by atoms with Gasteiger partial charge in [-0.2, -0.15) is 0 Å². The zero-order chi connectivity index (χ0) is 19.2. The van der Waals surface area contributed by atoms with E-state index in [0.717, 1.165) is 31.2 Å². The van der Waals surface area contributed by atoms with Crippen LogP contribution in [-0.2, 0) is 5.41 Å². The van der Waals surface area contributed by atoms with Crippen LogP contribution in [0.5, 0.6) is 0 Å². The van der Waals surface area contributed by atoms with Gasteiger partial charge in [0.2, 0.25) is 0 Å². The van der Waals surface area contributed by atoms with Crippen LogP contribution < -0.4 is 10.6 Å². The molecule has 0 spiro atoms. The highest BCUT2D eigenvalue weighted by molar-refractivity contribution is 6.30. The first-order valence-corrected chi connectivity index (χ1v) is 10.3. The van der Waals surface area contributed by atoms with Gasteiger partial charge in [-0.1, -0.05) is 32.8 Å². The Morgan fingerprint density at radius 1 is 1.14 bits per heavy atom. The van der Waals surface area contributed by atoms with E-state index in [2.05, 4.69) is 52.7 Å². The number of guanidine groups is 1. The third-order valence-electron chi connectivity index (χ3n) is 6.09. The van der Waals surface area contributed by atoms with Gasteiger partial charge >= 0.3 is 5.84 Å². The smallest absolute Gasteiger partial charge is 0.301 e. The number of amidine groups is 1. The molecule has 4 aliphatic heterocycles. The van der Waals surface area contributed by atoms with E-state index in [9.17, 15) is 0 Å². The van der Waals surface area contributed by atoms with E-state index < -0.39 is 0 Å². The number of anilines is 2. The second-order valence-corrected chi connectivity index (χ2v) is 8.61. The molecular weight excluding hydrogens is 350 g/mol. The van der Waals surface area contributed by atoms with Crippen LogP contribution in [0.3, 0.4) is 0 Å². The van der Waals surface area contributed by atoms with Crippen LogP contribution in [0, 0.1) is 0 Å². The van der Waals surface area contributed by atoms with Gasteiger partial charge < -0.3 is 10.6 Å². The van der Waals surface area contributed by atoms with Crippen molar-refractivity contribution in [1.29, 1.82) is 0 Å². The Morgan fingerprint density at radius 2 is 1.96 bits per heavy atom. The van der Waals surface area contributed by atoms with Gasteiger partial charge in [-0.05, 0) is 40.3 Å². The minimum atomic E-state index is 0.170. The number of quaternary nitrogens is 1. The average molecular weight is 379 g/mol. The maximum atomic E-state index is 4.99. The van der Waals surface area contributed by atoms with Crippen LogP contribution in [-0.4, -0.2) is 47.4 Å². The third-order valence-corrected chi connectivity index (χ3v) is 6.09. The lowest BCUT2D eigenvalue weighted by Gasteiger charge is -2.33. The number of aliphatic imine (C=N–C) groups is 2. The monoisotopic (exact) mass is 378 g/mol. The van der Waals surface area contributed by atoms with Crippen LogP contribution in [0.4, 0.5) is 11.4 Å². The second-order valence-electron chi connectivity index (χ2n) is 8.61. The predicted octanol–water partition coefficient (Wildman–Crippen LogP) is 3.65. The van der Waals surface area contributed by atoms with Crippen LogP contribution in [0.1, 0.15) is 45.1 Å². The lowest BCUT2D eigenvalue weighted by molar-refractivity contribution is -0.917. The van der Waals surface area contributed by atoms with E-state index in [1.807, 2.05) is 18.6 Å². The van der Waals surface area contributed by atoms with Crippen LogP contribution >= 0.6 is 0 Å². The quantitative estimate of drug-likeness (QED) is 0.772. The topological polar surface area (TPSA) is 64.4 Å². The van der Waals surface area contributed by atoms with Gasteiger partial charge in [0.25, 0.3) is 5.96 Å². The van der Waals surface area contributed by atoms with Crippen molar-refractivity contribution in [3.63, 3.8) is 0 Å². The fourth-order valence-electron chi connectivity index (χ4n) is 4.48. The van der Waals surface area contributed by atoms with E-state index in [1.54, 1.807) is 0 Å². The van der Waals surface area contributed by atoms with E-state index in [4.69, 9.17) is 10.1 Å². The second kappa shape index (κ2) is 6.53. The number of nitrogens with zero attached hydrogens (tertiary/aromatic N) is 5. The van der Waals surface area contributed by atoms with Gasteiger partial charge in [0.15, 0.2) is 6.20 Å². The Hall–Kier alpha value is -2.51. The molecule has 1 saturated heterocycles. The fourth-order valence-corrected chi connectivity index (χ4v) is 4.48. The van der Waals surface area contributed by atoms with Crippen molar-refractivity contribution in [2.75, 3.05) is 30.3 Å².